The highest BCUT2D eigenvalue weighted by Gasteiger charge is 2.26. The Morgan fingerprint density at radius 3 is 2.38 bits per heavy atom. The van der Waals surface area contributed by atoms with E-state index in [1.807, 2.05) is 13.0 Å². The fourth-order valence-corrected chi connectivity index (χ4v) is 3.19. The third kappa shape index (κ3) is 3.48. The average molecular weight is 246 g/mol. The van der Waals surface area contributed by atoms with Gasteiger partial charge in [0, 0.05) is 0 Å². The van der Waals surface area contributed by atoms with E-state index < -0.39 is 7.60 Å². The Kier molecular flexibility index (Phi) is 5.26. The van der Waals surface area contributed by atoms with Crippen molar-refractivity contribution in [3.63, 3.8) is 0 Å². The van der Waals surface area contributed by atoms with Crippen molar-refractivity contribution < 1.29 is 18.0 Å². The molecule has 0 unspecified atom stereocenters. The van der Waals surface area contributed by atoms with E-state index >= 15 is 0 Å². The van der Waals surface area contributed by atoms with Gasteiger partial charge in [-0.2, -0.15) is 0 Å². The lowest BCUT2D eigenvalue weighted by atomic mass is 10.2. The molecule has 1 aromatic heterocycles. The van der Waals surface area contributed by atoms with Crippen LogP contribution in [0, 0.1) is 0 Å². The van der Waals surface area contributed by atoms with Gasteiger partial charge in [0.2, 0.25) is 0 Å². The maximum atomic E-state index is 12.2. The Morgan fingerprint density at radius 2 is 1.88 bits per heavy atom. The minimum absolute atomic E-state index is 0.213. The van der Waals surface area contributed by atoms with E-state index in [-0.39, 0.29) is 6.16 Å². The van der Waals surface area contributed by atoms with Crippen LogP contribution in [0.1, 0.15) is 32.1 Å². The molecule has 5 heteroatoms. The van der Waals surface area contributed by atoms with Gasteiger partial charge in [0.25, 0.3) is 0 Å². The molecule has 0 aliphatic rings. The van der Waals surface area contributed by atoms with Gasteiger partial charge in [-0.3, -0.25) is 4.57 Å². The van der Waals surface area contributed by atoms with Crippen molar-refractivity contribution in [2.75, 3.05) is 13.2 Å². The van der Waals surface area contributed by atoms with Gasteiger partial charge in [0.15, 0.2) is 0 Å². The molecule has 0 atom stereocenters. The molecule has 1 rings (SSSR count). The molecule has 0 radical (unpaired) electrons. The van der Waals surface area contributed by atoms with Gasteiger partial charge in [-0.25, -0.2) is 0 Å². The predicted octanol–water partition coefficient (Wildman–Crippen LogP) is 3.61. The van der Waals surface area contributed by atoms with Gasteiger partial charge in [0.1, 0.15) is 11.9 Å². The average Bonchev–Trinajstić information content (AvgIpc) is 2.65. The molecule has 1 aromatic rings. The molecule has 0 aliphatic carbocycles. The Balaban J connectivity index is 2.79. The van der Waals surface area contributed by atoms with Crippen LogP contribution in [-0.4, -0.2) is 13.2 Å². The lowest BCUT2D eigenvalue weighted by Crippen LogP contribution is -1.99. The lowest BCUT2D eigenvalue weighted by Gasteiger charge is -2.16. The zero-order valence-electron chi connectivity index (χ0n) is 10.1. The molecule has 0 N–H and O–H groups in total. The first-order chi connectivity index (χ1) is 7.65. The van der Waals surface area contributed by atoms with E-state index in [9.17, 15) is 4.57 Å². The van der Waals surface area contributed by atoms with Gasteiger partial charge >= 0.3 is 7.60 Å². The van der Waals surface area contributed by atoms with Crippen LogP contribution in [0.4, 0.5) is 0 Å². The topological polar surface area (TPSA) is 48.7 Å². The van der Waals surface area contributed by atoms with Crippen LogP contribution < -0.4 is 0 Å². The quantitative estimate of drug-likeness (QED) is 0.689. The number of furan rings is 1. The first-order valence-electron chi connectivity index (χ1n) is 5.58. The van der Waals surface area contributed by atoms with Crippen LogP contribution in [0.3, 0.4) is 0 Å². The molecule has 1 heterocycles. The molecule has 0 spiro atoms. The van der Waals surface area contributed by atoms with Gasteiger partial charge in [-0.05, 0) is 31.9 Å². The van der Waals surface area contributed by atoms with Crippen LogP contribution in [0.2, 0.25) is 0 Å². The van der Waals surface area contributed by atoms with Crippen molar-refractivity contribution in [1.82, 2.24) is 0 Å². The largest absolute Gasteiger partial charge is 0.468 e. The standard InChI is InChI=1S/C11H19O4P/c1-4-10-7-8-13-11(10)9-16(12,14-5-2)15-6-3/h7-8H,4-6,9H2,1-3H3. The summed E-state index contributed by atoms with van der Waals surface area (Å²) in [5.74, 6) is 0.702. The zero-order valence-corrected chi connectivity index (χ0v) is 11.0. The third-order valence-electron chi connectivity index (χ3n) is 2.21. The smallest absolute Gasteiger partial charge is 0.338 e. The second-order valence-corrected chi connectivity index (χ2v) is 5.38. The number of rotatable bonds is 7. The van der Waals surface area contributed by atoms with Gasteiger partial charge in [-0.15, -0.1) is 0 Å². The minimum atomic E-state index is -3.04. The summed E-state index contributed by atoms with van der Waals surface area (Å²) in [4.78, 5) is 0. The molecule has 0 saturated carbocycles. The van der Waals surface area contributed by atoms with Crippen molar-refractivity contribution in [2.24, 2.45) is 0 Å². The van der Waals surface area contributed by atoms with Crippen molar-refractivity contribution in [3.8, 4) is 0 Å². The zero-order chi connectivity index (χ0) is 12.0. The van der Waals surface area contributed by atoms with E-state index in [2.05, 4.69) is 0 Å². The summed E-state index contributed by atoms with van der Waals surface area (Å²) in [6, 6.07) is 1.89. The van der Waals surface area contributed by atoms with E-state index in [4.69, 9.17) is 13.5 Å². The van der Waals surface area contributed by atoms with Gasteiger partial charge < -0.3 is 13.5 Å². The molecular formula is C11H19O4P. The summed E-state index contributed by atoms with van der Waals surface area (Å²) < 4.78 is 28.0. The summed E-state index contributed by atoms with van der Waals surface area (Å²) in [5, 5.41) is 0. The van der Waals surface area contributed by atoms with Crippen molar-refractivity contribution in [3.05, 3.63) is 23.7 Å². The number of hydrogen-bond acceptors (Lipinski definition) is 4. The van der Waals surface area contributed by atoms with Crippen LogP contribution in [0.25, 0.3) is 0 Å². The van der Waals surface area contributed by atoms with Gasteiger partial charge in [-0.1, -0.05) is 6.92 Å². The second-order valence-electron chi connectivity index (χ2n) is 3.33. The van der Waals surface area contributed by atoms with Crippen molar-refractivity contribution in [2.45, 2.75) is 33.4 Å². The van der Waals surface area contributed by atoms with Crippen LogP contribution in [0.5, 0.6) is 0 Å². The molecule has 0 amide bonds. The van der Waals surface area contributed by atoms with E-state index in [0.717, 1.165) is 12.0 Å². The summed E-state index contributed by atoms with van der Waals surface area (Å²) in [5.41, 5.74) is 1.06. The van der Waals surface area contributed by atoms with Crippen LogP contribution in [-0.2, 0) is 26.2 Å². The summed E-state index contributed by atoms with van der Waals surface area (Å²) in [7, 11) is -3.04. The molecule has 16 heavy (non-hydrogen) atoms. The minimum Gasteiger partial charge on any atom is -0.468 e. The maximum Gasteiger partial charge on any atom is 0.338 e. The fraction of sp³-hybridized carbons (Fsp3) is 0.636. The monoisotopic (exact) mass is 246 g/mol. The SMILES string of the molecule is CCOP(=O)(Cc1occc1CC)OCC. The van der Waals surface area contributed by atoms with E-state index in [1.165, 1.54) is 0 Å². The fourth-order valence-electron chi connectivity index (χ4n) is 1.52. The number of hydrogen-bond donors (Lipinski definition) is 0. The first kappa shape index (κ1) is 13.5. The molecule has 0 aromatic carbocycles. The molecule has 0 bridgehead atoms. The van der Waals surface area contributed by atoms with Crippen molar-refractivity contribution >= 4 is 7.60 Å². The summed E-state index contributed by atoms with van der Waals surface area (Å²) in [6.45, 7) is 6.38. The highest BCUT2D eigenvalue weighted by Crippen LogP contribution is 2.51. The van der Waals surface area contributed by atoms with E-state index in [0.29, 0.717) is 19.0 Å². The molecule has 4 nitrogen and oxygen atoms in total. The Labute approximate surface area is 96.5 Å². The second kappa shape index (κ2) is 6.24. The Bertz CT molecular complexity index is 349. The number of aryl methyl sites for hydroxylation is 1. The highest BCUT2D eigenvalue weighted by atomic mass is 31.2. The third-order valence-corrected chi connectivity index (χ3v) is 4.19. The van der Waals surface area contributed by atoms with Crippen LogP contribution >= 0.6 is 7.60 Å². The Hall–Kier alpha value is -0.570. The van der Waals surface area contributed by atoms with Gasteiger partial charge in [0.05, 0.1) is 19.5 Å². The highest BCUT2D eigenvalue weighted by molar-refractivity contribution is 7.53. The molecular weight excluding hydrogens is 227 g/mol. The molecule has 0 saturated heterocycles. The summed E-state index contributed by atoms with van der Waals surface area (Å²) >= 11 is 0. The van der Waals surface area contributed by atoms with Crippen molar-refractivity contribution in [1.29, 1.82) is 0 Å². The predicted molar refractivity (Wildman–Crippen MR) is 62.6 cm³/mol. The Morgan fingerprint density at radius 1 is 1.25 bits per heavy atom. The molecule has 0 aliphatic heterocycles. The van der Waals surface area contributed by atoms with Crippen LogP contribution in [0.15, 0.2) is 16.7 Å². The first-order valence-corrected chi connectivity index (χ1v) is 7.31. The lowest BCUT2D eigenvalue weighted by molar-refractivity contribution is 0.217. The summed E-state index contributed by atoms with van der Waals surface area (Å²) in [6.07, 6.45) is 2.67. The molecule has 92 valence electrons. The molecule has 0 fully saturated rings. The van der Waals surface area contributed by atoms with E-state index in [1.54, 1.807) is 20.1 Å². The normalized spacial score (nSPS) is 11.9. The maximum absolute atomic E-state index is 12.2.